The Kier molecular flexibility index (Phi) is 2.56. The molecule has 76 valence electrons. The van der Waals surface area contributed by atoms with E-state index in [4.69, 9.17) is 17.3 Å². The van der Waals surface area contributed by atoms with Gasteiger partial charge in [-0.2, -0.15) is 0 Å². The number of fused-ring (bicyclic) bond motifs is 1. The van der Waals surface area contributed by atoms with Gasteiger partial charge in [0, 0.05) is 13.0 Å². The summed E-state index contributed by atoms with van der Waals surface area (Å²) in [7, 11) is 0. The van der Waals surface area contributed by atoms with E-state index in [0.29, 0.717) is 23.7 Å². The second kappa shape index (κ2) is 3.71. The molecule has 0 aromatic carbocycles. The van der Waals surface area contributed by atoms with Crippen molar-refractivity contribution in [2.24, 2.45) is 5.73 Å². The molecule has 0 saturated heterocycles. The Morgan fingerprint density at radius 3 is 3.07 bits per heavy atom. The van der Waals surface area contributed by atoms with E-state index in [2.05, 4.69) is 4.98 Å². The molecule has 1 aromatic heterocycles. The molecule has 5 heteroatoms. The zero-order valence-electron chi connectivity index (χ0n) is 7.79. The molecule has 0 fully saturated rings. The standard InChI is InChI=1S/C9H12ClN3O/c10-8-6(3-4-11)9(14)13-5-1-2-7(13)12-8/h1-5,11H2. The van der Waals surface area contributed by atoms with E-state index in [1.165, 1.54) is 0 Å². The van der Waals surface area contributed by atoms with Crippen LogP contribution in [0.1, 0.15) is 17.8 Å². The van der Waals surface area contributed by atoms with Crippen molar-refractivity contribution >= 4 is 11.6 Å². The molecule has 0 amide bonds. The zero-order valence-corrected chi connectivity index (χ0v) is 8.55. The summed E-state index contributed by atoms with van der Waals surface area (Å²) in [5.74, 6) is 0.806. The molecule has 14 heavy (non-hydrogen) atoms. The van der Waals surface area contributed by atoms with E-state index in [-0.39, 0.29) is 5.56 Å². The van der Waals surface area contributed by atoms with E-state index >= 15 is 0 Å². The lowest BCUT2D eigenvalue weighted by molar-refractivity contribution is 0.697. The summed E-state index contributed by atoms with van der Waals surface area (Å²) in [5, 5.41) is 0.327. The lowest BCUT2D eigenvalue weighted by Gasteiger charge is -2.06. The van der Waals surface area contributed by atoms with E-state index in [1.807, 2.05) is 0 Å². The Morgan fingerprint density at radius 1 is 1.57 bits per heavy atom. The Hall–Kier alpha value is -0.870. The molecule has 0 bridgehead atoms. The SMILES string of the molecule is NCCc1c(Cl)nc2n(c1=O)CCC2. The van der Waals surface area contributed by atoms with Gasteiger partial charge in [0.25, 0.3) is 5.56 Å². The van der Waals surface area contributed by atoms with Crippen LogP contribution in [0.5, 0.6) is 0 Å². The summed E-state index contributed by atoms with van der Waals surface area (Å²) >= 11 is 5.91. The average Bonchev–Trinajstić information content (AvgIpc) is 2.60. The topological polar surface area (TPSA) is 60.9 Å². The van der Waals surface area contributed by atoms with Crippen molar-refractivity contribution in [1.82, 2.24) is 9.55 Å². The molecule has 2 heterocycles. The van der Waals surface area contributed by atoms with Crippen LogP contribution < -0.4 is 11.3 Å². The fourth-order valence-corrected chi connectivity index (χ4v) is 2.05. The van der Waals surface area contributed by atoms with Crippen LogP contribution in [0.3, 0.4) is 0 Å². The summed E-state index contributed by atoms with van der Waals surface area (Å²) in [6.07, 6.45) is 2.33. The molecule has 0 atom stereocenters. The van der Waals surface area contributed by atoms with E-state index in [0.717, 1.165) is 25.2 Å². The fourth-order valence-electron chi connectivity index (χ4n) is 1.78. The van der Waals surface area contributed by atoms with Gasteiger partial charge in [0.2, 0.25) is 0 Å². The Bertz CT molecular complexity index is 413. The van der Waals surface area contributed by atoms with Crippen LogP contribution in [0, 0.1) is 0 Å². The van der Waals surface area contributed by atoms with Crippen molar-refractivity contribution < 1.29 is 0 Å². The molecule has 2 N–H and O–H groups in total. The first-order valence-electron chi connectivity index (χ1n) is 4.72. The van der Waals surface area contributed by atoms with Crippen LogP contribution in [0.4, 0.5) is 0 Å². The molecule has 0 radical (unpaired) electrons. The molecule has 0 unspecified atom stereocenters. The normalized spacial score (nSPS) is 14.4. The Morgan fingerprint density at radius 2 is 2.36 bits per heavy atom. The largest absolute Gasteiger partial charge is 0.330 e. The lowest BCUT2D eigenvalue weighted by atomic mass is 10.2. The van der Waals surface area contributed by atoms with Gasteiger partial charge in [0.1, 0.15) is 11.0 Å². The summed E-state index contributed by atoms with van der Waals surface area (Å²) < 4.78 is 1.71. The zero-order chi connectivity index (χ0) is 10.1. The van der Waals surface area contributed by atoms with Crippen molar-refractivity contribution in [2.45, 2.75) is 25.8 Å². The van der Waals surface area contributed by atoms with Crippen LogP contribution in [-0.2, 0) is 19.4 Å². The highest BCUT2D eigenvalue weighted by Gasteiger charge is 2.18. The van der Waals surface area contributed by atoms with Gasteiger partial charge >= 0.3 is 0 Å². The van der Waals surface area contributed by atoms with Gasteiger partial charge in [-0.05, 0) is 19.4 Å². The Labute approximate surface area is 86.7 Å². The lowest BCUT2D eigenvalue weighted by Crippen LogP contribution is -2.26. The average molecular weight is 214 g/mol. The molecular weight excluding hydrogens is 202 g/mol. The van der Waals surface area contributed by atoms with E-state index in [9.17, 15) is 4.79 Å². The number of rotatable bonds is 2. The number of hydrogen-bond donors (Lipinski definition) is 1. The maximum atomic E-state index is 11.9. The van der Waals surface area contributed by atoms with E-state index < -0.39 is 0 Å². The molecule has 0 spiro atoms. The van der Waals surface area contributed by atoms with Crippen LogP contribution in [0.2, 0.25) is 5.15 Å². The minimum atomic E-state index is -0.0112. The molecule has 1 aliphatic heterocycles. The number of aromatic nitrogens is 2. The second-order valence-electron chi connectivity index (χ2n) is 3.40. The van der Waals surface area contributed by atoms with Gasteiger partial charge in [0.15, 0.2) is 0 Å². The highest BCUT2D eigenvalue weighted by molar-refractivity contribution is 6.30. The molecule has 0 saturated carbocycles. The van der Waals surface area contributed by atoms with Crippen LogP contribution >= 0.6 is 11.6 Å². The number of nitrogens with two attached hydrogens (primary N) is 1. The predicted molar refractivity (Wildman–Crippen MR) is 54.6 cm³/mol. The first kappa shape index (κ1) is 9.68. The number of halogens is 1. The monoisotopic (exact) mass is 213 g/mol. The summed E-state index contributed by atoms with van der Waals surface area (Å²) in [4.78, 5) is 16.1. The van der Waals surface area contributed by atoms with Crippen LogP contribution in [0.25, 0.3) is 0 Å². The number of nitrogens with zero attached hydrogens (tertiary/aromatic N) is 2. The minimum Gasteiger partial charge on any atom is -0.330 e. The van der Waals surface area contributed by atoms with E-state index in [1.54, 1.807) is 4.57 Å². The third-order valence-electron chi connectivity index (χ3n) is 2.47. The van der Waals surface area contributed by atoms with Gasteiger partial charge < -0.3 is 5.73 Å². The molecule has 0 aliphatic carbocycles. The van der Waals surface area contributed by atoms with Crippen molar-refractivity contribution in [1.29, 1.82) is 0 Å². The second-order valence-corrected chi connectivity index (χ2v) is 3.75. The Balaban J connectivity index is 2.57. The van der Waals surface area contributed by atoms with Crippen molar-refractivity contribution in [3.05, 3.63) is 26.9 Å². The van der Waals surface area contributed by atoms with Gasteiger partial charge in [-0.1, -0.05) is 11.6 Å². The maximum absolute atomic E-state index is 11.9. The minimum absolute atomic E-state index is 0.0112. The smallest absolute Gasteiger partial charge is 0.258 e. The molecule has 2 rings (SSSR count). The van der Waals surface area contributed by atoms with Gasteiger partial charge in [-0.3, -0.25) is 9.36 Å². The quantitative estimate of drug-likeness (QED) is 0.721. The maximum Gasteiger partial charge on any atom is 0.258 e. The first-order chi connectivity index (χ1) is 6.74. The number of hydrogen-bond acceptors (Lipinski definition) is 3. The van der Waals surface area contributed by atoms with Crippen molar-refractivity contribution in [3.63, 3.8) is 0 Å². The van der Waals surface area contributed by atoms with Crippen LogP contribution in [0.15, 0.2) is 4.79 Å². The highest BCUT2D eigenvalue weighted by atomic mass is 35.5. The first-order valence-corrected chi connectivity index (χ1v) is 5.10. The molecular formula is C9H12ClN3O. The number of aryl methyl sites for hydroxylation is 1. The van der Waals surface area contributed by atoms with Gasteiger partial charge in [-0.25, -0.2) is 4.98 Å². The third kappa shape index (κ3) is 1.44. The molecule has 1 aromatic rings. The van der Waals surface area contributed by atoms with Crippen LogP contribution in [-0.4, -0.2) is 16.1 Å². The van der Waals surface area contributed by atoms with Gasteiger partial charge in [-0.15, -0.1) is 0 Å². The third-order valence-corrected chi connectivity index (χ3v) is 2.78. The fraction of sp³-hybridized carbons (Fsp3) is 0.556. The summed E-state index contributed by atoms with van der Waals surface area (Å²) in [6.45, 7) is 1.19. The highest BCUT2D eigenvalue weighted by Crippen LogP contribution is 2.15. The summed E-state index contributed by atoms with van der Waals surface area (Å²) in [5.41, 5.74) is 5.95. The summed E-state index contributed by atoms with van der Waals surface area (Å²) in [6, 6.07) is 0. The van der Waals surface area contributed by atoms with Crippen molar-refractivity contribution in [2.75, 3.05) is 6.54 Å². The molecule has 4 nitrogen and oxygen atoms in total. The predicted octanol–water partition coefficient (Wildman–Crippen LogP) is 0.344. The molecule has 1 aliphatic rings. The van der Waals surface area contributed by atoms with Gasteiger partial charge in [0.05, 0.1) is 5.56 Å². The van der Waals surface area contributed by atoms with Crippen molar-refractivity contribution in [3.8, 4) is 0 Å².